The minimum atomic E-state index is -0.479. The second-order valence-electron chi connectivity index (χ2n) is 8.30. The number of ether oxygens (including phenoxy) is 1. The first-order chi connectivity index (χ1) is 16.0. The molecule has 2 aromatic carbocycles. The van der Waals surface area contributed by atoms with Crippen molar-refractivity contribution in [3.63, 3.8) is 0 Å². The summed E-state index contributed by atoms with van der Waals surface area (Å²) in [7, 11) is 1.66. The van der Waals surface area contributed by atoms with E-state index >= 15 is 0 Å². The molecule has 0 radical (unpaired) electrons. The lowest BCUT2D eigenvalue weighted by Crippen LogP contribution is -2.36. The number of hydrogen-bond donors (Lipinski definition) is 0. The number of nitrogens with zero attached hydrogens (tertiary/aromatic N) is 4. The van der Waals surface area contributed by atoms with E-state index in [4.69, 9.17) is 9.72 Å². The molecule has 3 aromatic rings. The van der Waals surface area contributed by atoms with Crippen LogP contribution in [-0.2, 0) is 6.42 Å². The van der Waals surface area contributed by atoms with E-state index in [1.165, 1.54) is 6.07 Å². The third-order valence-electron chi connectivity index (χ3n) is 6.03. The van der Waals surface area contributed by atoms with Gasteiger partial charge in [0.25, 0.3) is 5.91 Å². The zero-order valence-corrected chi connectivity index (χ0v) is 19.3. The summed E-state index contributed by atoms with van der Waals surface area (Å²) in [6.07, 6.45) is 1.49. The van der Waals surface area contributed by atoms with E-state index in [9.17, 15) is 9.18 Å². The quantitative estimate of drug-likeness (QED) is 0.586. The molecule has 7 heteroatoms. The van der Waals surface area contributed by atoms with Gasteiger partial charge in [0.05, 0.1) is 12.7 Å². The molecule has 1 aliphatic rings. The molecule has 1 aliphatic heterocycles. The van der Waals surface area contributed by atoms with E-state index in [0.29, 0.717) is 26.1 Å². The predicted octanol–water partition coefficient (Wildman–Crippen LogP) is 4.18. The largest absolute Gasteiger partial charge is 0.497 e. The van der Waals surface area contributed by atoms with E-state index in [-0.39, 0.29) is 11.5 Å². The maximum Gasteiger partial charge on any atom is 0.256 e. The fourth-order valence-corrected chi connectivity index (χ4v) is 4.27. The van der Waals surface area contributed by atoms with Crippen LogP contribution in [0.3, 0.4) is 0 Å². The number of carbonyl (C=O) groups is 1. The third kappa shape index (κ3) is 5.13. The molecule has 0 bridgehead atoms. The maximum atomic E-state index is 14.2. The highest BCUT2D eigenvalue weighted by Crippen LogP contribution is 2.26. The van der Waals surface area contributed by atoms with Gasteiger partial charge in [-0.2, -0.15) is 0 Å². The number of methoxy groups -OCH3 is 1. The van der Waals surface area contributed by atoms with Crippen LogP contribution in [0.2, 0.25) is 0 Å². The first kappa shape index (κ1) is 22.7. The van der Waals surface area contributed by atoms with Gasteiger partial charge in [0.15, 0.2) is 0 Å². The van der Waals surface area contributed by atoms with E-state index in [2.05, 4.69) is 22.0 Å². The minimum absolute atomic E-state index is 0.125. The van der Waals surface area contributed by atoms with E-state index in [1.807, 2.05) is 26.0 Å². The monoisotopic (exact) mass is 448 g/mol. The summed E-state index contributed by atoms with van der Waals surface area (Å²) in [5.74, 6) is 1.72. The number of hydrogen-bond acceptors (Lipinski definition) is 5. The molecule has 0 N–H and O–H groups in total. The number of amides is 1. The van der Waals surface area contributed by atoms with Crippen LogP contribution in [0.25, 0.3) is 0 Å². The molecule has 6 nitrogen and oxygen atoms in total. The Labute approximate surface area is 194 Å². The van der Waals surface area contributed by atoms with Crippen molar-refractivity contribution in [2.24, 2.45) is 0 Å². The van der Waals surface area contributed by atoms with E-state index < -0.39 is 5.82 Å². The molecule has 4 rings (SSSR count). The number of carbonyl (C=O) groups excluding carboxylic acids is 1. The predicted molar refractivity (Wildman–Crippen MR) is 126 cm³/mol. The standard InChI is InChI=1S/C26H29FN4O2/c1-18-23(17-20-9-11-21(33-3)12-10-20)25(29-19(2)28-18)30-13-6-14-31(16-15-30)26(32)22-7-4-5-8-24(22)27/h4-5,7-12H,6,13-17H2,1-3H3. The van der Waals surface area contributed by atoms with Gasteiger partial charge >= 0.3 is 0 Å². The van der Waals surface area contributed by atoms with Gasteiger partial charge in [-0.15, -0.1) is 0 Å². The highest BCUT2D eigenvalue weighted by molar-refractivity contribution is 5.94. The van der Waals surface area contributed by atoms with Crippen molar-refractivity contribution in [2.45, 2.75) is 26.7 Å². The first-order valence-corrected chi connectivity index (χ1v) is 11.2. The van der Waals surface area contributed by atoms with Crippen LogP contribution in [0.15, 0.2) is 48.5 Å². The molecule has 33 heavy (non-hydrogen) atoms. The van der Waals surface area contributed by atoms with E-state index in [0.717, 1.165) is 47.2 Å². The fraction of sp³-hybridized carbons (Fsp3) is 0.346. The van der Waals surface area contributed by atoms with Gasteiger partial charge in [-0.1, -0.05) is 24.3 Å². The molecular weight excluding hydrogens is 419 g/mol. The van der Waals surface area contributed by atoms with Gasteiger partial charge in [0, 0.05) is 43.9 Å². The van der Waals surface area contributed by atoms with Crippen LogP contribution in [0.4, 0.5) is 10.2 Å². The SMILES string of the molecule is COc1ccc(Cc2c(C)nc(C)nc2N2CCCN(C(=O)c3ccccc3F)CC2)cc1. The third-order valence-corrected chi connectivity index (χ3v) is 6.03. The lowest BCUT2D eigenvalue weighted by molar-refractivity contribution is 0.0762. The van der Waals surface area contributed by atoms with Crippen LogP contribution >= 0.6 is 0 Å². The molecule has 0 aliphatic carbocycles. The number of benzene rings is 2. The van der Waals surface area contributed by atoms with Gasteiger partial charge in [-0.25, -0.2) is 14.4 Å². The molecule has 2 heterocycles. The van der Waals surface area contributed by atoms with Crippen molar-refractivity contribution in [3.8, 4) is 5.75 Å². The molecule has 0 unspecified atom stereocenters. The van der Waals surface area contributed by atoms with Crippen molar-refractivity contribution in [2.75, 3.05) is 38.2 Å². The summed E-state index contributed by atoms with van der Waals surface area (Å²) in [4.78, 5) is 26.3. The zero-order chi connectivity index (χ0) is 23.4. The second-order valence-corrected chi connectivity index (χ2v) is 8.30. The lowest BCUT2D eigenvalue weighted by Gasteiger charge is -2.26. The van der Waals surface area contributed by atoms with Crippen LogP contribution in [0.5, 0.6) is 5.75 Å². The van der Waals surface area contributed by atoms with Gasteiger partial charge in [-0.05, 0) is 50.1 Å². The van der Waals surface area contributed by atoms with Crippen molar-refractivity contribution in [3.05, 3.63) is 82.6 Å². The smallest absolute Gasteiger partial charge is 0.256 e. The Morgan fingerprint density at radius 2 is 1.76 bits per heavy atom. The zero-order valence-electron chi connectivity index (χ0n) is 19.3. The number of anilines is 1. The van der Waals surface area contributed by atoms with Gasteiger partial charge in [-0.3, -0.25) is 4.79 Å². The minimum Gasteiger partial charge on any atom is -0.497 e. The number of aromatic nitrogens is 2. The van der Waals surface area contributed by atoms with E-state index in [1.54, 1.807) is 30.2 Å². The number of halogens is 1. The van der Waals surface area contributed by atoms with Crippen molar-refractivity contribution >= 4 is 11.7 Å². The molecular formula is C26H29FN4O2. The topological polar surface area (TPSA) is 58.6 Å². The Morgan fingerprint density at radius 3 is 2.48 bits per heavy atom. The maximum absolute atomic E-state index is 14.2. The average molecular weight is 449 g/mol. The Bertz CT molecular complexity index is 1130. The summed E-state index contributed by atoms with van der Waals surface area (Å²) in [5, 5.41) is 0. The Balaban J connectivity index is 1.56. The molecule has 0 saturated carbocycles. The van der Waals surface area contributed by atoms with Crippen LogP contribution in [0, 0.1) is 19.7 Å². The number of aryl methyl sites for hydroxylation is 2. The summed E-state index contributed by atoms with van der Waals surface area (Å²) in [6, 6.07) is 14.2. The molecule has 1 amide bonds. The highest BCUT2D eigenvalue weighted by Gasteiger charge is 2.25. The molecule has 0 spiro atoms. The summed E-state index contributed by atoms with van der Waals surface area (Å²) in [6.45, 7) is 6.42. The number of rotatable bonds is 5. The van der Waals surface area contributed by atoms with Crippen LogP contribution < -0.4 is 9.64 Å². The van der Waals surface area contributed by atoms with Crippen molar-refractivity contribution in [1.29, 1.82) is 0 Å². The van der Waals surface area contributed by atoms with Crippen molar-refractivity contribution < 1.29 is 13.9 Å². The Kier molecular flexibility index (Phi) is 6.87. The summed E-state index contributed by atoms with van der Waals surface area (Å²) >= 11 is 0. The molecule has 1 fully saturated rings. The van der Waals surface area contributed by atoms with Crippen LogP contribution in [-0.4, -0.2) is 54.1 Å². The lowest BCUT2D eigenvalue weighted by atomic mass is 10.0. The molecule has 172 valence electrons. The fourth-order valence-electron chi connectivity index (χ4n) is 4.27. The molecule has 1 aromatic heterocycles. The molecule has 0 atom stereocenters. The molecule has 1 saturated heterocycles. The average Bonchev–Trinajstić information content (AvgIpc) is 3.07. The second kappa shape index (κ2) is 9.98. The van der Waals surface area contributed by atoms with Gasteiger partial charge in [0.2, 0.25) is 0 Å². The van der Waals surface area contributed by atoms with Gasteiger partial charge in [0.1, 0.15) is 23.2 Å². The normalized spacial score (nSPS) is 14.2. The highest BCUT2D eigenvalue weighted by atomic mass is 19.1. The first-order valence-electron chi connectivity index (χ1n) is 11.2. The summed E-state index contributed by atoms with van der Waals surface area (Å²) in [5.41, 5.74) is 3.31. The Morgan fingerprint density at radius 1 is 1.00 bits per heavy atom. The summed E-state index contributed by atoms with van der Waals surface area (Å²) < 4.78 is 19.4. The Hall–Kier alpha value is -3.48. The van der Waals surface area contributed by atoms with Crippen LogP contribution in [0.1, 0.15) is 39.4 Å². The van der Waals surface area contributed by atoms with Gasteiger partial charge < -0.3 is 14.5 Å². The van der Waals surface area contributed by atoms with Crippen molar-refractivity contribution in [1.82, 2.24) is 14.9 Å².